The maximum absolute atomic E-state index is 13.1. The fourth-order valence-corrected chi connectivity index (χ4v) is 2.47. The maximum Gasteiger partial charge on any atom is 0.417 e. The second kappa shape index (κ2) is 5.73. The number of nitrogens with zero attached hydrogens (tertiary/aromatic N) is 3. The van der Waals surface area contributed by atoms with Gasteiger partial charge in [0.1, 0.15) is 5.82 Å². The van der Waals surface area contributed by atoms with Crippen LogP contribution in [0.5, 0.6) is 0 Å². The fourth-order valence-electron chi connectivity index (χ4n) is 1.91. The van der Waals surface area contributed by atoms with Crippen LogP contribution in [-0.2, 0) is 18.6 Å². The minimum atomic E-state index is -4.47. The number of halogens is 5. The molecular weight excluding hydrogens is 359 g/mol. The first-order valence-corrected chi connectivity index (χ1v) is 7.06. The van der Waals surface area contributed by atoms with Crippen molar-refractivity contribution in [1.82, 2.24) is 14.8 Å². The Bertz CT molecular complexity index is 625. The van der Waals surface area contributed by atoms with E-state index in [1.807, 2.05) is 0 Å². The second-order valence-electron chi connectivity index (χ2n) is 4.01. The third-order valence-electron chi connectivity index (χ3n) is 2.79. The van der Waals surface area contributed by atoms with Crippen LogP contribution in [-0.4, -0.2) is 14.8 Å². The van der Waals surface area contributed by atoms with E-state index in [4.69, 9.17) is 11.6 Å². The van der Waals surface area contributed by atoms with Crippen LogP contribution in [0.2, 0.25) is 0 Å². The summed E-state index contributed by atoms with van der Waals surface area (Å²) in [5.74, 6) is 0.710. The van der Waals surface area contributed by atoms with Crippen molar-refractivity contribution in [3.63, 3.8) is 0 Å². The van der Waals surface area contributed by atoms with Crippen LogP contribution in [0, 0.1) is 0 Å². The van der Waals surface area contributed by atoms with Crippen LogP contribution in [0.1, 0.15) is 18.3 Å². The lowest BCUT2D eigenvalue weighted by molar-refractivity contribution is -0.137. The Morgan fingerprint density at radius 2 is 2.00 bits per heavy atom. The summed E-state index contributed by atoms with van der Waals surface area (Å²) in [7, 11) is 0. The van der Waals surface area contributed by atoms with Crippen molar-refractivity contribution in [3.8, 4) is 11.4 Å². The van der Waals surface area contributed by atoms with Crippen LogP contribution in [0.3, 0.4) is 0 Å². The SMILES string of the molecule is CCn1c(CCl)nnc1-c1ccc(Br)cc1C(F)(F)F. The molecule has 1 aromatic heterocycles. The van der Waals surface area contributed by atoms with Crippen LogP contribution in [0.4, 0.5) is 13.2 Å². The molecule has 0 bridgehead atoms. The Balaban J connectivity index is 2.67. The first-order chi connectivity index (χ1) is 9.38. The van der Waals surface area contributed by atoms with Crippen LogP contribution < -0.4 is 0 Å². The van der Waals surface area contributed by atoms with E-state index >= 15 is 0 Å². The predicted octanol–water partition coefficient (Wildman–Crippen LogP) is 4.49. The van der Waals surface area contributed by atoms with Gasteiger partial charge in [-0.3, -0.25) is 0 Å². The third kappa shape index (κ3) is 2.83. The van der Waals surface area contributed by atoms with Gasteiger partial charge in [-0.05, 0) is 25.1 Å². The minimum absolute atomic E-state index is 0.00795. The van der Waals surface area contributed by atoms with Crippen LogP contribution in [0.15, 0.2) is 22.7 Å². The Labute approximate surface area is 126 Å². The zero-order valence-electron chi connectivity index (χ0n) is 10.4. The predicted molar refractivity (Wildman–Crippen MR) is 73.4 cm³/mol. The van der Waals surface area contributed by atoms with Gasteiger partial charge in [0.25, 0.3) is 0 Å². The first-order valence-electron chi connectivity index (χ1n) is 5.73. The van der Waals surface area contributed by atoms with Crippen molar-refractivity contribution >= 4 is 27.5 Å². The molecule has 0 saturated carbocycles. The summed E-state index contributed by atoms with van der Waals surface area (Å²) in [5.41, 5.74) is -0.762. The molecule has 1 heterocycles. The van der Waals surface area contributed by atoms with Crippen molar-refractivity contribution in [3.05, 3.63) is 34.1 Å². The minimum Gasteiger partial charge on any atom is -0.310 e. The number of hydrogen-bond acceptors (Lipinski definition) is 2. The molecule has 0 fully saturated rings. The van der Waals surface area contributed by atoms with Gasteiger partial charge in [0.05, 0.1) is 11.4 Å². The molecule has 2 aromatic rings. The summed E-state index contributed by atoms with van der Waals surface area (Å²) < 4.78 is 41.3. The molecule has 0 aliphatic carbocycles. The van der Waals surface area contributed by atoms with Gasteiger partial charge in [-0.15, -0.1) is 21.8 Å². The molecule has 0 unspecified atom stereocenters. The van der Waals surface area contributed by atoms with Crippen molar-refractivity contribution < 1.29 is 13.2 Å². The molecule has 20 heavy (non-hydrogen) atoms. The maximum atomic E-state index is 13.1. The van der Waals surface area contributed by atoms with Crippen molar-refractivity contribution in [2.24, 2.45) is 0 Å². The van der Waals surface area contributed by atoms with E-state index in [9.17, 15) is 13.2 Å². The van der Waals surface area contributed by atoms with Crippen LogP contribution in [0.25, 0.3) is 11.4 Å². The Morgan fingerprint density at radius 3 is 2.55 bits per heavy atom. The number of rotatable bonds is 3. The molecule has 2 rings (SSSR count). The van der Waals surface area contributed by atoms with E-state index in [0.29, 0.717) is 16.8 Å². The van der Waals surface area contributed by atoms with E-state index < -0.39 is 11.7 Å². The molecule has 0 N–H and O–H groups in total. The molecule has 3 nitrogen and oxygen atoms in total. The Hall–Kier alpha value is -1.08. The van der Waals surface area contributed by atoms with Gasteiger partial charge in [0.2, 0.25) is 0 Å². The van der Waals surface area contributed by atoms with E-state index in [0.717, 1.165) is 6.07 Å². The smallest absolute Gasteiger partial charge is 0.310 e. The quantitative estimate of drug-likeness (QED) is 0.748. The second-order valence-corrected chi connectivity index (χ2v) is 5.19. The summed E-state index contributed by atoms with van der Waals surface area (Å²) in [6.07, 6.45) is -4.47. The van der Waals surface area contributed by atoms with E-state index in [-0.39, 0.29) is 17.3 Å². The fraction of sp³-hybridized carbons (Fsp3) is 0.333. The molecule has 0 radical (unpaired) electrons. The molecule has 0 aliphatic heterocycles. The summed E-state index contributed by atoms with van der Waals surface area (Å²) in [6.45, 7) is 2.24. The Morgan fingerprint density at radius 1 is 1.30 bits per heavy atom. The van der Waals surface area contributed by atoms with Gasteiger partial charge in [0, 0.05) is 16.6 Å². The third-order valence-corrected chi connectivity index (χ3v) is 3.52. The monoisotopic (exact) mass is 367 g/mol. The van der Waals surface area contributed by atoms with E-state index in [1.54, 1.807) is 17.6 Å². The number of alkyl halides is 4. The lowest BCUT2D eigenvalue weighted by Gasteiger charge is -2.14. The highest BCUT2D eigenvalue weighted by Crippen LogP contribution is 2.38. The molecule has 0 amide bonds. The lowest BCUT2D eigenvalue weighted by atomic mass is 10.1. The van der Waals surface area contributed by atoms with Crippen LogP contribution >= 0.6 is 27.5 Å². The summed E-state index contributed by atoms with van der Waals surface area (Å²) in [6, 6.07) is 3.95. The summed E-state index contributed by atoms with van der Waals surface area (Å²) in [4.78, 5) is 0. The van der Waals surface area contributed by atoms with Gasteiger partial charge in [-0.25, -0.2) is 0 Å². The molecule has 1 aromatic carbocycles. The standard InChI is InChI=1S/C12H10BrClF3N3/c1-2-20-10(6-14)18-19-11(20)8-4-3-7(13)5-9(8)12(15,16)17/h3-5H,2,6H2,1H3. The molecular formula is C12H10BrClF3N3. The summed E-state index contributed by atoms with van der Waals surface area (Å²) >= 11 is 8.77. The average molecular weight is 369 g/mol. The van der Waals surface area contributed by atoms with Crippen molar-refractivity contribution in [1.29, 1.82) is 0 Å². The largest absolute Gasteiger partial charge is 0.417 e. The highest BCUT2D eigenvalue weighted by atomic mass is 79.9. The topological polar surface area (TPSA) is 30.7 Å². The first kappa shape index (κ1) is 15.3. The molecule has 0 saturated heterocycles. The highest BCUT2D eigenvalue weighted by Gasteiger charge is 2.35. The van der Waals surface area contributed by atoms with Gasteiger partial charge in [-0.2, -0.15) is 13.2 Å². The van der Waals surface area contributed by atoms with Gasteiger partial charge >= 0.3 is 6.18 Å². The normalized spacial score (nSPS) is 11.9. The Kier molecular flexibility index (Phi) is 4.39. The zero-order chi connectivity index (χ0) is 14.9. The number of aromatic nitrogens is 3. The van der Waals surface area contributed by atoms with Gasteiger partial charge < -0.3 is 4.57 Å². The van der Waals surface area contributed by atoms with E-state index in [1.165, 1.54) is 6.07 Å². The average Bonchev–Trinajstić information content (AvgIpc) is 2.80. The molecule has 0 spiro atoms. The zero-order valence-corrected chi connectivity index (χ0v) is 12.7. The number of hydrogen-bond donors (Lipinski definition) is 0. The van der Waals surface area contributed by atoms with E-state index in [2.05, 4.69) is 26.1 Å². The molecule has 108 valence electrons. The van der Waals surface area contributed by atoms with Gasteiger partial charge in [-0.1, -0.05) is 15.9 Å². The summed E-state index contributed by atoms with van der Waals surface area (Å²) in [5, 5.41) is 7.67. The highest BCUT2D eigenvalue weighted by molar-refractivity contribution is 9.10. The van der Waals surface area contributed by atoms with Gasteiger partial charge in [0.15, 0.2) is 5.82 Å². The van der Waals surface area contributed by atoms with Crippen molar-refractivity contribution in [2.45, 2.75) is 25.5 Å². The lowest BCUT2D eigenvalue weighted by Crippen LogP contribution is -2.10. The molecule has 8 heteroatoms. The molecule has 0 aliphatic rings. The van der Waals surface area contributed by atoms with Crippen molar-refractivity contribution in [2.75, 3.05) is 0 Å². The number of benzene rings is 1. The molecule has 0 atom stereocenters.